The third kappa shape index (κ3) is 7.10. The second-order valence-corrected chi connectivity index (χ2v) is 12.6. The lowest BCUT2D eigenvalue weighted by atomic mass is 9.67. The number of phenols is 2. The molecule has 0 bridgehead atoms. The van der Waals surface area contributed by atoms with Crippen molar-refractivity contribution >= 4 is 17.5 Å². The van der Waals surface area contributed by atoms with Gasteiger partial charge in [0.1, 0.15) is 17.3 Å². The Bertz CT molecular complexity index is 1490. The summed E-state index contributed by atoms with van der Waals surface area (Å²) in [5, 5.41) is 20.4. The van der Waals surface area contributed by atoms with Crippen LogP contribution in [0.2, 0.25) is 0 Å². The number of Topliss-reactive ketones (excluding diaryl/α,β-unsaturated/α-hetero) is 2. The summed E-state index contributed by atoms with van der Waals surface area (Å²) < 4.78 is 15.0. The topological polar surface area (TPSA) is 101 Å². The van der Waals surface area contributed by atoms with Crippen LogP contribution in [-0.4, -0.2) is 95.2 Å². The number of amides is 1. The van der Waals surface area contributed by atoms with Gasteiger partial charge < -0.3 is 20.0 Å². The highest BCUT2D eigenvalue weighted by molar-refractivity contribution is 6.02. The number of phenolic OH excluding ortho intramolecular Hbond substituents is 2. The number of ketones is 2. The van der Waals surface area contributed by atoms with Gasteiger partial charge in [-0.25, -0.2) is 4.39 Å². The minimum atomic E-state index is -0.723. The van der Waals surface area contributed by atoms with Crippen molar-refractivity contribution in [2.45, 2.75) is 38.1 Å². The summed E-state index contributed by atoms with van der Waals surface area (Å²) in [4.78, 5) is 47.5. The Kier molecular flexibility index (Phi) is 9.99. The smallest absolute Gasteiger partial charge is 0.239 e. The van der Waals surface area contributed by atoms with Crippen LogP contribution >= 0.6 is 0 Å². The maximum absolute atomic E-state index is 15.0. The standard InChI is InChI=1S/C36H42FN3O5/c1-23-28(13-6-14-31(23)37)33-29(34(43)24-9-4-11-26(41)19-24)21-39(22-30(33)35(44)25-10-5-12-27(42)20-25)16-7-15-32(38(2)3)36(45)40-17-8-18-40/h4-6,9-14,19-20,29-30,32-33,41-42H,7-8,15-18,21-22H2,1-3H3/t29-,30+,32-,33?/m1/s1. The van der Waals surface area contributed by atoms with E-state index in [-0.39, 0.29) is 35.0 Å². The van der Waals surface area contributed by atoms with Gasteiger partial charge in [0, 0.05) is 55.1 Å². The molecule has 0 aliphatic carbocycles. The highest BCUT2D eigenvalue weighted by atomic mass is 19.1. The molecule has 2 N–H and O–H groups in total. The van der Waals surface area contributed by atoms with E-state index < -0.39 is 23.6 Å². The van der Waals surface area contributed by atoms with Gasteiger partial charge in [-0.1, -0.05) is 36.4 Å². The van der Waals surface area contributed by atoms with Crippen LogP contribution in [0.25, 0.3) is 0 Å². The Balaban J connectivity index is 1.50. The predicted octanol–water partition coefficient (Wildman–Crippen LogP) is 4.89. The number of aromatic hydroxyl groups is 2. The van der Waals surface area contributed by atoms with E-state index >= 15 is 0 Å². The van der Waals surface area contributed by atoms with E-state index in [0.29, 0.717) is 54.7 Å². The number of hydrogen-bond donors (Lipinski definition) is 2. The van der Waals surface area contributed by atoms with Gasteiger partial charge in [-0.15, -0.1) is 0 Å². The van der Waals surface area contributed by atoms with Gasteiger partial charge in [-0.2, -0.15) is 0 Å². The van der Waals surface area contributed by atoms with Crippen LogP contribution in [0.15, 0.2) is 66.7 Å². The maximum Gasteiger partial charge on any atom is 0.239 e. The van der Waals surface area contributed by atoms with Crippen molar-refractivity contribution in [2.75, 3.05) is 46.8 Å². The van der Waals surface area contributed by atoms with Gasteiger partial charge >= 0.3 is 0 Å². The van der Waals surface area contributed by atoms with Gasteiger partial charge in [0.15, 0.2) is 11.6 Å². The van der Waals surface area contributed by atoms with Crippen molar-refractivity contribution in [1.29, 1.82) is 0 Å². The molecule has 2 saturated heterocycles. The highest BCUT2D eigenvalue weighted by Crippen LogP contribution is 2.43. The zero-order chi connectivity index (χ0) is 32.2. The molecule has 2 aliphatic rings. The monoisotopic (exact) mass is 615 g/mol. The maximum atomic E-state index is 15.0. The quantitative estimate of drug-likeness (QED) is 0.297. The Hall–Kier alpha value is -4.08. The van der Waals surface area contributed by atoms with E-state index in [1.54, 1.807) is 43.3 Å². The van der Waals surface area contributed by atoms with E-state index in [9.17, 15) is 29.0 Å². The zero-order valence-electron chi connectivity index (χ0n) is 26.2. The molecule has 0 saturated carbocycles. The molecule has 1 amide bonds. The van der Waals surface area contributed by atoms with Crippen molar-refractivity contribution in [3.63, 3.8) is 0 Å². The van der Waals surface area contributed by atoms with Crippen molar-refractivity contribution < 1.29 is 29.0 Å². The molecular formula is C36H42FN3O5. The second kappa shape index (κ2) is 13.9. The predicted molar refractivity (Wildman–Crippen MR) is 170 cm³/mol. The van der Waals surface area contributed by atoms with Gasteiger partial charge in [0.25, 0.3) is 0 Å². The van der Waals surface area contributed by atoms with Crippen LogP contribution in [0.4, 0.5) is 4.39 Å². The molecular weight excluding hydrogens is 573 g/mol. The lowest BCUT2D eigenvalue weighted by Crippen LogP contribution is -2.52. The summed E-state index contributed by atoms with van der Waals surface area (Å²) >= 11 is 0. The molecule has 2 aliphatic heterocycles. The molecule has 5 rings (SSSR count). The molecule has 3 aromatic rings. The largest absolute Gasteiger partial charge is 0.508 e. The molecule has 9 heteroatoms. The van der Waals surface area contributed by atoms with Crippen LogP contribution in [-0.2, 0) is 4.79 Å². The van der Waals surface area contributed by atoms with E-state index in [1.807, 2.05) is 23.9 Å². The molecule has 0 spiro atoms. The van der Waals surface area contributed by atoms with Gasteiger partial charge in [0.05, 0.1) is 6.04 Å². The number of hydrogen-bond acceptors (Lipinski definition) is 7. The summed E-state index contributed by atoms with van der Waals surface area (Å²) in [6.07, 6.45) is 2.32. The number of halogens is 1. The summed E-state index contributed by atoms with van der Waals surface area (Å²) in [7, 11) is 3.81. The fraction of sp³-hybridized carbons (Fsp3) is 0.417. The van der Waals surface area contributed by atoms with E-state index in [1.165, 1.54) is 30.3 Å². The second-order valence-electron chi connectivity index (χ2n) is 12.6. The number of carbonyl (C=O) groups is 3. The zero-order valence-corrected chi connectivity index (χ0v) is 26.2. The fourth-order valence-corrected chi connectivity index (χ4v) is 6.84. The SMILES string of the molecule is Cc1c(F)cccc1C1[C@@H](C(=O)c2cccc(O)c2)CN(CCC[C@H](C(=O)N2CCC2)N(C)C)C[C@H]1C(=O)c1cccc(O)c1. The van der Waals surface area contributed by atoms with Crippen LogP contribution in [0.3, 0.4) is 0 Å². The number of benzene rings is 3. The van der Waals surface area contributed by atoms with Crippen molar-refractivity contribution in [2.24, 2.45) is 11.8 Å². The molecule has 2 fully saturated rings. The number of rotatable bonds is 11. The Morgan fingerprint density at radius 2 is 1.44 bits per heavy atom. The lowest BCUT2D eigenvalue weighted by molar-refractivity contribution is -0.139. The lowest BCUT2D eigenvalue weighted by Gasteiger charge is -2.44. The van der Waals surface area contributed by atoms with Crippen LogP contribution in [0, 0.1) is 24.6 Å². The summed E-state index contributed by atoms with van der Waals surface area (Å²) in [6.45, 7) is 4.44. The van der Waals surface area contributed by atoms with Crippen molar-refractivity contribution in [3.05, 3.63) is 94.8 Å². The average Bonchev–Trinajstić information content (AvgIpc) is 2.98. The fourth-order valence-electron chi connectivity index (χ4n) is 6.84. The van der Waals surface area contributed by atoms with Crippen molar-refractivity contribution in [1.82, 2.24) is 14.7 Å². The van der Waals surface area contributed by atoms with E-state index in [2.05, 4.69) is 4.90 Å². The molecule has 4 atom stereocenters. The Labute approximate surface area is 264 Å². The van der Waals surface area contributed by atoms with E-state index in [4.69, 9.17) is 0 Å². The molecule has 238 valence electrons. The first-order valence-electron chi connectivity index (χ1n) is 15.6. The van der Waals surface area contributed by atoms with Crippen LogP contribution in [0.1, 0.15) is 57.0 Å². The van der Waals surface area contributed by atoms with Gasteiger partial charge in [-0.05, 0) is 88.3 Å². The molecule has 3 aromatic carbocycles. The number of likely N-dealkylation sites (N-methyl/N-ethyl adjacent to an activating group) is 1. The van der Waals surface area contributed by atoms with E-state index in [0.717, 1.165) is 19.5 Å². The Morgan fingerprint density at radius 3 is 1.93 bits per heavy atom. The molecule has 0 aromatic heterocycles. The first-order chi connectivity index (χ1) is 21.5. The first-order valence-corrected chi connectivity index (χ1v) is 15.6. The number of likely N-dealkylation sites (tertiary alicyclic amines) is 2. The number of carbonyl (C=O) groups excluding carboxylic acids is 3. The van der Waals surface area contributed by atoms with Gasteiger partial charge in [-0.3, -0.25) is 19.3 Å². The summed E-state index contributed by atoms with van der Waals surface area (Å²) in [6, 6.07) is 16.8. The summed E-state index contributed by atoms with van der Waals surface area (Å²) in [5.41, 5.74) is 1.62. The molecule has 0 radical (unpaired) electrons. The molecule has 45 heavy (non-hydrogen) atoms. The minimum absolute atomic E-state index is 0.0408. The molecule has 8 nitrogen and oxygen atoms in total. The van der Waals surface area contributed by atoms with Crippen molar-refractivity contribution in [3.8, 4) is 11.5 Å². The highest BCUT2D eigenvalue weighted by Gasteiger charge is 2.45. The first kappa shape index (κ1) is 32.3. The van der Waals surface area contributed by atoms with Crippen LogP contribution in [0.5, 0.6) is 11.5 Å². The number of piperidine rings is 1. The summed E-state index contributed by atoms with van der Waals surface area (Å²) in [5.74, 6) is -2.94. The van der Waals surface area contributed by atoms with Gasteiger partial charge in [0.2, 0.25) is 5.91 Å². The third-order valence-electron chi connectivity index (χ3n) is 9.41. The normalized spacial score (nSPS) is 20.9. The molecule has 2 heterocycles. The number of nitrogens with zero attached hydrogens (tertiary/aromatic N) is 3. The Morgan fingerprint density at radius 1 is 0.889 bits per heavy atom. The average molecular weight is 616 g/mol. The third-order valence-corrected chi connectivity index (χ3v) is 9.41. The minimum Gasteiger partial charge on any atom is -0.508 e. The molecule has 1 unspecified atom stereocenters. The van der Waals surface area contributed by atoms with Crippen LogP contribution < -0.4 is 0 Å².